The van der Waals surface area contributed by atoms with Gasteiger partial charge in [-0.25, -0.2) is 4.68 Å². The SMILES string of the molecule is CCCn1nnnc1CN1CCC(N)CC1. The van der Waals surface area contributed by atoms with Crippen LogP contribution in [0.25, 0.3) is 0 Å². The first-order chi connectivity index (χ1) is 7.79. The number of hydrogen-bond acceptors (Lipinski definition) is 5. The van der Waals surface area contributed by atoms with Gasteiger partial charge in [0.05, 0.1) is 6.54 Å². The largest absolute Gasteiger partial charge is 0.328 e. The average Bonchev–Trinajstić information content (AvgIpc) is 2.70. The molecule has 1 aromatic heterocycles. The first kappa shape index (κ1) is 11.5. The van der Waals surface area contributed by atoms with Crippen molar-refractivity contribution in [3.8, 4) is 0 Å². The minimum atomic E-state index is 0.378. The van der Waals surface area contributed by atoms with Crippen LogP contribution in [0, 0.1) is 0 Å². The zero-order valence-electron chi connectivity index (χ0n) is 9.84. The summed E-state index contributed by atoms with van der Waals surface area (Å²) in [4.78, 5) is 2.38. The second-order valence-corrected chi connectivity index (χ2v) is 4.43. The van der Waals surface area contributed by atoms with Crippen molar-refractivity contribution in [3.63, 3.8) is 0 Å². The van der Waals surface area contributed by atoms with Crippen LogP contribution in [-0.2, 0) is 13.1 Å². The summed E-state index contributed by atoms with van der Waals surface area (Å²) in [6, 6.07) is 0.378. The molecule has 0 atom stereocenters. The van der Waals surface area contributed by atoms with Crippen molar-refractivity contribution >= 4 is 0 Å². The zero-order valence-corrected chi connectivity index (χ0v) is 9.84. The highest BCUT2D eigenvalue weighted by Gasteiger charge is 2.18. The fraction of sp³-hybridized carbons (Fsp3) is 0.900. The van der Waals surface area contributed by atoms with E-state index in [0.717, 1.165) is 51.3 Å². The third-order valence-corrected chi connectivity index (χ3v) is 3.04. The van der Waals surface area contributed by atoms with Gasteiger partial charge in [-0.3, -0.25) is 4.90 Å². The van der Waals surface area contributed by atoms with Crippen molar-refractivity contribution < 1.29 is 0 Å². The Hall–Kier alpha value is -1.01. The van der Waals surface area contributed by atoms with E-state index in [0.29, 0.717) is 6.04 Å². The Morgan fingerprint density at radius 2 is 2.12 bits per heavy atom. The molecular weight excluding hydrogens is 204 g/mol. The van der Waals surface area contributed by atoms with Gasteiger partial charge in [-0.05, 0) is 29.7 Å². The summed E-state index contributed by atoms with van der Waals surface area (Å²) >= 11 is 0. The van der Waals surface area contributed by atoms with E-state index < -0.39 is 0 Å². The van der Waals surface area contributed by atoms with E-state index in [1.54, 1.807) is 0 Å². The normalized spacial score (nSPS) is 19.1. The first-order valence-electron chi connectivity index (χ1n) is 6.02. The quantitative estimate of drug-likeness (QED) is 0.779. The first-order valence-corrected chi connectivity index (χ1v) is 6.02. The summed E-state index contributed by atoms with van der Waals surface area (Å²) in [6.45, 7) is 5.99. The van der Waals surface area contributed by atoms with Crippen molar-refractivity contribution in [1.29, 1.82) is 0 Å². The highest BCUT2D eigenvalue weighted by Crippen LogP contribution is 2.10. The van der Waals surface area contributed by atoms with Crippen molar-refractivity contribution in [1.82, 2.24) is 25.1 Å². The van der Waals surface area contributed by atoms with Gasteiger partial charge in [-0.1, -0.05) is 6.92 Å². The Labute approximate surface area is 95.8 Å². The van der Waals surface area contributed by atoms with Crippen molar-refractivity contribution in [2.45, 2.75) is 45.3 Å². The second kappa shape index (κ2) is 5.36. The Morgan fingerprint density at radius 1 is 1.38 bits per heavy atom. The lowest BCUT2D eigenvalue weighted by molar-refractivity contribution is 0.198. The van der Waals surface area contributed by atoms with E-state index in [1.807, 2.05) is 4.68 Å². The molecule has 6 nitrogen and oxygen atoms in total. The molecule has 0 saturated carbocycles. The van der Waals surface area contributed by atoms with Crippen LogP contribution in [0.3, 0.4) is 0 Å². The summed E-state index contributed by atoms with van der Waals surface area (Å²) in [6.07, 6.45) is 3.22. The smallest absolute Gasteiger partial charge is 0.165 e. The minimum absolute atomic E-state index is 0.378. The molecule has 0 amide bonds. The molecular formula is C10H20N6. The summed E-state index contributed by atoms with van der Waals surface area (Å²) in [5, 5.41) is 11.8. The molecule has 0 unspecified atom stereocenters. The van der Waals surface area contributed by atoms with Crippen LogP contribution in [0.15, 0.2) is 0 Å². The molecule has 16 heavy (non-hydrogen) atoms. The summed E-state index contributed by atoms with van der Waals surface area (Å²) in [7, 11) is 0. The lowest BCUT2D eigenvalue weighted by Crippen LogP contribution is -2.39. The summed E-state index contributed by atoms with van der Waals surface area (Å²) < 4.78 is 1.90. The molecule has 90 valence electrons. The van der Waals surface area contributed by atoms with Gasteiger partial charge >= 0.3 is 0 Å². The Bertz CT molecular complexity index is 315. The molecule has 0 radical (unpaired) electrons. The predicted octanol–water partition coefficient (Wildman–Crippen LogP) is 0.00620. The van der Waals surface area contributed by atoms with Gasteiger partial charge in [0.2, 0.25) is 0 Å². The number of piperidine rings is 1. The van der Waals surface area contributed by atoms with Crippen molar-refractivity contribution in [3.05, 3.63) is 5.82 Å². The Morgan fingerprint density at radius 3 is 2.81 bits per heavy atom. The fourth-order valence-corrected chi connectivity index (χ4v) is 2.03. The van der Waals surface area contributed by atoms with E-state index >= 15 is 0 Å². The molecule has 0 spiro atoms. The van der Waals surface area contributed by atoms with Gasteiger partial charge in [0, 0.05) is 25.7 Å². The Balaban J connectivity index is 1.90. The number of likely N-dealkylation sites (tertiary alicyclic amines) is 1. The standard InChI is InChI=1S/C10H20N6/c1-2-5-16-10(12-13-14-16)8-15-6-3-9(11)4-7-15/h9H,2-8,11H2,1H3. The van der Waals surface area contributed by atoms with Crippen LogP contribution in [0.2, 0.25) is 0 Å². The summed E-state index contributed by atoms with van der Waals surface area (Å²) in [5.41, 5.74) is 5.88. The number of tetrazole rings is 1. The van der Waals surface area contributed by atoms with Crippen LogP contribution >= 0.6 is 0 Å². The van der Waals surface area contributed by atoms with E-state index in [2.05, 4.69) is 27.3 Å². The summed E-state index contributed by atoms with van der Waals surface area (Å²) in [5.74, 6) is 0.970. The molecule has 2 rings (SSSR count). The van der Waals surface area contributed by atoms with Crippen molar-refractivity contribution in [2.75, 3.05) is 13.1 Å². The lowest BCUT2D eigenvalue weighted by Gasteiger charge is -2.29. The number of rotatable bonds is 4. The van der Waals surface area contributed by atoms with Gasteiger partial charge in [0.15, 0.2) is 5.82 Å². The third kappa shape index (κ3) is 2.76. The van der Waals surface area contributed by atoms with Gasteiger partial charge in [-0.2, -0.15) is 0 Å². The fourth-order valence-electron chi connectivity index (χ4n) is 2.03. The maximum absolute atomic E-state index is 5.88. The zero-order chi connectivity index (χ0) is 11.4. The van der Waals surface area contributed by atoms with Crippen LogP contribution in [0.5, 0.6) is 0 Å². The molecule has 1 saturated heterocycles. The maximum atomic E-state index is 5.88. The topological polar surface area (TPSA) is 72.9 Å². The van der Waals surface area contributed by atoms with Gasteiger partial charge < -0.3 is 5.73 Å². The van der Waals surface area contributed by atoms with E-state index in [-0.39, 0.29) is 0 Å². The van der Waals surface area contributed by atoms with Gasteiger partial charge in [-0.15, -0.1) is 5.10 Å². The minimum Gasteiger partial charge on any atom is -0.328 e. The molecule has 1 aliphatic heterocycles. The molecule has 0 bridgehead atoms. The second-order valence-electron chi connectivity index (χ2n) is 4.43. The van der Waals surface area contributed by atoms with Crippen LogP contribution in [0.4, 0.5) is 0 Å². The third-order valence-electron chi connectivity index (χ3n) is 3.04. The highest BCUT2D eigenvalue weighted by molar-refractivity contribution is 4.83. The van der Waals surface area contributed by atoms with Gasteiger partial charge in [0.1, 0.15) is 0 Å². The maximum Gasteiger partial charge on any atom is 0.165 e. The van der Waals surface area contributed by atoms with E-state index in [9.17, 15) is 0 Å². The highest BCUT2D eigenvalue weighted by atomic mass is 15.5. The number of hydrogen-bond donors (Lipinski definition) is 1. The molecule has 1 aromatic rings. The molecule has 0 aliphatic carbocycles. The van der Waals surface area contributed by atoms with Crippen molar-refractivity contribution in [2.24, 2.45) is 5.73 Å². The number of aromatic nitrogens is 4. The van der Waals surface area contributed by atoms with Crippen LogP contribution < -0.4 is 5.73 Å². The average molecular weight is 224 g/mol. The monoisotopic (exact) mass is 224 g/mol. The molecule has 6 heteroatoms. The van der Waals surface area contributed by atoms with Crippen LogP contribution in [-0.4, -0.2) is 44.2 Å². The van der Waals surface area contributed by atoms with E-state index in [1.165, 1.54) is 0 Å². The lowest BCUT2D eigenvalue weighted by atomic mass is 10.1. The molecule has 1 fully saturated rings. The number of aryl methyl sites for hydroxylation is 1. The number of nitrogens with two attached hydrogens (primary N) is 1. The van der Waals surface area contributed by atoms with Gasteiger partial charge in [0.25, 0.3) is 0 Å². The molecule has 2 N–H and O–H groups in total. The molecule has 1 aliphatic rings. The van der Waals surface area contributed by atoms with Crippen LogP contribution in [0.1, 0.15) is 32.0 Å². The molecule has 2 heterocycles. The Kier molecular flexibility index (Phi) is 3.84. The predicted molar refractivity (Wildman–Crippen MR) is 60.6 cm³/mol. The van der Waals surface area contributed by atoms with E-state index in [4.69, 9.17) is 5.73 Å². The number of nitrogens with zero attached hydrogens (tertiary/aromatic N) is 5. The molecule has 0 aromatic carbocycles.